The third-order valence-electron chi connectivity index (χ3n) is 2.55. The number of carbonyl (C=O) groups is 1. The molecule has 0 spiro atoms. The van der Waals surface area contributed by atoms with Crippen LogP contribution in [-0.2, 0) is 11.2 Å². The lowest BCUT2D eigenvalue weighted by molar-refractivity contribution is 0.0491. The summed E-state index contributed by atoms with van der Waals surface area (Å²) in [6, 6.07) is 9.93. The van der Waals surface area contributed by atoms with Gasteiger partial charge in [0.1, 0.15) is 6.10 Å². The van der Waals surface area contributed by atoms with Crippen LogP contribution in [0.1, 0.15) is 32.8 Å². The van der Waals surface area contributed by atoms with Crippen LogP contribution in [0.15, 0.2) is 30.3 Å². The van der Waals surface area contributed by atoms with Crippen LogP contribution < -0.4 is 5.32 Å². The first kappa shape index (κ1) is 15.5. The zero-order valence-corrected chi connectivity index (χ0v) is 11.8. The van der Waals surface area contributed by atoms with E-state index in [2.05, 4.69) is 5.32 Å². The summed E-state index contributed by atoms with van der Waals surface area (Å²) in [6.45, 7) is 5.48. The van der Waals surface area contributed by atoms with E-state index < -0.39 is 12.2 Å². The maximum Gasteiger partial charge on any atom is 0.407 e. The molecule has 0 radical (unpaired) electrons. The molecule has 1 aromatic carbocycles. The summed E-state index contributed by atoms with van der Waals surface area (Å²) in [7, 11) is 0. The lowest BCUT2D eigenvalue weighted by Gasteiger charge is -2.22. The fraction of sp³-hybridized carbons (Fsp3) is 0.533. The summed E-state index contributed by atoms with van der Waals surface area (Å²) in [4.78, 5) is 11.6. The van der Waals surface area contributed by atoms with Gasteiger partial charge in [-0.15, -0.1) is 0 Å². The van der Waals surface area contributed by atoms with Crippen molar-refractivity contribution < 1.29 is 14.6 Å². The number of aliphatic hydroxyl groups excluding tert-OH is 1. The van der Waals surface area contributed by atoms with Crippen molar-refractivity contribution in [1.82, 2.24) is 5.32 Å². The number of benzene rings is 1. The normalized spacial score (nSPS) is 12.8. The first-order valence-corrected chi connectivity index (χ1v) is 6.54. The molecule has 0 aliphatic heterocycles. The number of aliphatic hydroxyl groups is 1. The Kier molecular flexibility index (Phi) is 5.83. The van der Waals surface area contributed by atoms with Gasteiger partial charge in [0, 0.05) is 5.54 Å². The molecule has 1 aromatic rings. The predicted octanol–water partition coefficient (Wildman–Crippen LogP) is 2.50. The largest absolute Gasteiger partial charge is 0.444 e. The molecule has 4 heteroatoms. The van der Waals surface area contributed by atoms with Gasteiger partial charge in [-0.3, -0.25) is 0 Å². The minimum Gasteiger partial charge on any atom is -0.444 e. The molecule has 19 heavy (non-hydrogen) atoms. The lowest BCUT2D eigenvalue weighted by atomic mass is 10.1. The molecular weight excluding hydrogens is 242 g/mol. The smallest absolute Gasteiger partial charge is 0.407 e. The van der Waals surface area contributed by atoms with E-state index in [0.717, 1.165) is 6.42 Å². The first-order chi connectivity index (χ1) is 8.90. The molecule has 106 valence electrons. The van der Waals surface area contributed by atoms with Gasteiger partial charge in [0.05, 0.1) is 6.61 Å². The molecule has 0 unspecified atom stereocenters. The Hall–Kier alpha value is -1.55. The van der Waals surface area contributed by atoms with Crippen LogP contribution in [0.4, 0.5) is 4.79 Å². The summed E-state index contributed by atoms with van der Waals surface area (Å²) in [5.41, 5.74) is 0.831. The van der Waals surface area contributed by atoms with Crippen LogP contribution in [0.2, 0.25) is 0 Å². The number of rotatable bonds is 5. The number of alkyl carbamates (subject to hydrolysis) is 1. The van der Waals surface area contributed by atoms with E-state index in [-0.39, 0.29) is 12.1 Å². The third-order valence-corrected chi connectivity index (χ3v) is 2.55. The Balaban J connectivity index is 2.39. The van der Waals surface area contributed by atoms with Gasteiger partial charge in [-0.25, -0.2) is 4.79 Å². The van der Waals surface area contributed by atoms with Crippen molar-refractivity contribution in [2.24, 2.45) is 0 Å². The van der Waals surface area contributed by atoms with Gasteiger partial charge in [0.2, 0.25) is 0 Å². The highest BCUT2D eigenvalue weighted by Crippen LogP contribution is 2.08. The third kappa shape index (κ3) is 6.82. The Morgan fingerprint density at radius 1 is 1.32 bits per heavy atom. The van der Waals surface area contributed by atoms with Gasteiger partial charge in [-0.2, -0.15) is 0 Å². The van der Waals surface area contributed by atoms with Crippen molar-refractivity contribution in [3.05, 3.63) is 35.9 Å². The van der Waals surface area contributed by atoms with E-state index in [0.29, 0.717) is 6.42 Å². The van der Waals surface area contributed by atoms with Gasteiger partial charge < -0.3 is 15.2 Å². The van der Waals surface area contributed by atoms with Gasteiger partial charge in [-0.05, 0) is 39.2 Å². The average molecular weight is 265 g/mol. The molecule has 0 aliphatic rings. The SMILES string of the molecule is CC(C)(C)NC(=O)O[C@@H](CO)CCc1ccccc1. The monoisotopic (exact) mass is 265 g/mol. The summed E-state index contributed by atoms with van der Waals surface area (Å²) >= 11 is 0. The van der Waals surface area contributed by atoms with Crippen LogP contribution in [0.3, 0.4) is 0 Å². The van der Waals surface area contributed by atoms with Crippen molar-refractivity contribution in [2.75, 3.05) is 6.61 Å². The Bertz CT molecular complexity index is 384. The minimum atomic E-state index is -0.486. The number of carbonyl (C=O) groups excluding carboxylic acids is 1. The van der Waals surface area contributed by atoms with E-state index in [1.807, 2.05) is 51.1 Å². The molecule has 4 nitrogen and oxygen atoms in total. The summed E-state index contributed by atoms with van der Waals surface area (Å²) < 4.78 is 5.20. The van der Waals surface area contributed by atoms with Crippen molar-refractivity contribution in [2.45, 2.75) is 45.3 Å². The van der Waals surface area contributed by atoms with Gasteiger partial charge >= 0.3 is 6.09 Å². The summed E-state index contributed by atoms with van der Waals surface area (Å²) in [6.07, 6.45) is 0.426. The fourth-order valence-corrected chi connectivity index (χ4v) is 1.65. The van der Waals surface area contributed by atoms with E-state index in [9.17, 15) is 9.90 Å². The Morgan fingerprint density at radius 3 is 2.47 bits per heavy atom. The number of amides is 1. The molecule has 0 saturated carbocycles. The number of ether oxygens (including phenoxy) is 1. The molecule has 0 fully saturated rings. The van der Waals surface area contributed by atoms with Crippen molar-refractivity contribution >= 4 is 6.09 Å². The number of aryl methyl sites for hydroxylation is 1. The van der Waals surface area contributed by atoms with Gasteiger partial charge in [0.25, 0.3) is 0 Å². The molecule has 0 aromatic heterocycles. The zero-order chi connectivity index (χ0) is 14.3. The summed E-state index contributed by atoms with van der Waals surface area (Å²) in [5.74, 6) is 0. The number of hydrogen-bond acceptors (Lipinski definition) is 3. The molecular formula is C15H23NO3. The van der Waals surface area contributed by atoms with Crippen LogP contribution in [0.25, 0.3) is 0 Å². The zero-order valence-electron chi connectivity index (χ0n) is 11.8. The van der Waals surface area contributed by atoms with Crippen molar-refractivity contribution in [3.8, 4) is 0 Å². The number of hydrogen-bond donors (Lipinski definition) is 2. The van der Waals surface area contributed by atoms with Crippen LogP contribution in [0.5, 0.6) is 0 Å². The molecule has 1 rings (SSSR count). The molecule has 1 atom stereocenters. The van der Waals surface area contributed by atoms with Gasteiger partial charge in [0.15, 0.2) is 0 Å². The van der Waals surface area contributed by atoms with Crippen LogP contribution in [-0.4, -0.2) is 29.4 Å². The van der Waals surface area contributed by atoms with Crippen LogP contribution in [0, 0.1) is 0 Å². The standard InChI is InChI=1S/C15H23NO3/c1-15(2,3)16-14(18)19-13(11-17)10-9-12-7-5-4-6-8-12/h4-8,13,17H,9-11H2,1-3H3,(H,16,18)/t13-/m1/s1. The highest BCUT2D eigenvalue weighted by molar-refractivity contribution is 5.68. The van der Waals surface area contributed by atoms with Crippen molar-refractivity contribution in [3.63, 3.8) is 0 Å². The second-order valence-corrected chi connectivity index (χ2v) is 5.61. The first-order valence-electron chi connectivity index (χ1n) is 6.54. The van der Waals surface area contributed by atoms with Crippen LogP contribution >= 0.6 is 0 Å². The molecule has 2 N–H and O–H groups in total. The Morgan fingerprint density at radius 2 is 1.95 bits per heavy atom. The highest BCUT2D eigenvalue weighted by Gasteiger charge is 2.18. The maximum absolute atomic E-state index is 11.6. The topological polar surface area (TPSA) is 58.6 Å². The lowest BCUT2D eigenvalue weighted by Crippen LogP contribution is -2.42. The molecule has 0 aliphatic carbocycles. The molecule has 0 bridgehead atoms. The fourth-order valence-electron chi connectivity index (χ4n) is 1.65. The molecule has 1 amide bonds. The second kappa shape index (κ2) is 7.14. The predicted molar refractivity (Wildman–Crippen MR) is 75.0 cm³/mol. The molecule has 0 heterocycles. The van der Waals surface area contributed by atoms with Gasteiger partial charge in [-0.1, -0.05) is 30.3 Å². The second-order valence-electron chi connectivity index (χ2n) is 5.61. The Labute approximate surface area is 114 Å². The maximum atomic E-state index is 11.6. The highest BCUT2D eigenvalue weighted by atomic mass is 16.6. The average Bonchev–Trinajstić information content (AvgIpc) is 2.33. The van der Waals surface area contributed by atoms with E-state index in [4.69, 9.17) is 4.74 Å². The number of nitrogens with one attached hydrogen (secondary N) is 1. The van der Waals surface area contributed by atoms with Crippen molar-refractivity contribution in [1.29, 1.82) is 0 Å². The minimum absolute atomic E-state index is 0.162. The van der Waals surface area contributed by atoms with E-state index >= 15 is 0 Å². The van der Waals surface area contributed by atoms with E-state index in [1.165, 1.54) is 5.56 Å². The van der Waals surface area contributed by atoms with E-state index in [1.54, 1.807) is 0 Å². The quantitative estimate of drug-likeness (QED) is 0.860. The molecule has 0 saturated heterocycles. The summed E-state index contributed by atoms with van der Waals surface area (Å²) in [5, 5.41) is 12.0.